The molecule has 0 bridgehead atoms. The van der Waals surface area contributed by atoms with Crippen LogP contribution in [0.15, 0.2) is 74.3 Å². The maximum absolute atomic E-state index is 12.9. The van der Waals surface area contributed by atoms with Crippen LogP contribution in [0, 0.1) is 6.92 Å². The molecule has 1 heterocycles. The van der Waals surface area contributed by atoms with E-state index >= 15 is 0 Å². The molecule has 8 nitrogen and oxygen atoms in total. The molecule has 0 aliphatic carbocycles. The number of hydrogen-bond acceptors (Lipinski definition) is 6. The first-order valence-electron chi connectivity index (χ1n) is 8.27. The van der Waals surface area contributed by atoms with Gasteiger partial charge in [-0.25, -0.2) is 12.4 Å². The Hall–Kier alpha value is -2.76. The summed E-state index contributed by atoms with van der Waals surface area (Å²) in [6.07, 6.45) is 1.26. The third kappa shape index (κ3) is 4.63. The molecular weight excluding hydrogens is 434 g/mol. The molecule has 3 aromatic rings. The number of nitrogens with one attached hydrogen (secondary N) is 1. The molecule has 1 amide bonds. The molecule has 0 spiro atoms. The number of carbonyl (C=O) groups is 1. The maximum atomic E-state index is 12.9. The first kappa shape index (κ1) is 21.0. The van der Waals surface area contributed by atoms with Crippen molar-refractivity contribution in [2.24, 2.45) is 4.40 Å². The molecule has 0 aliphatic heterocycles. The first-order valence-corrected chi connectivity index (χ1v) is 12.0. The van der Waals surface area contributed by atoms with E-state index in [1.165, 1.54) is 54.9 Å². The zero-order valence-corrected chi connectivity index (χ0v) is 17.9. The number of sulfonamides is 1. The summed E-state index contributed by atoms with van der Waals surface area (Å²) < 4.78 is 55.6. The van der Waals surface area contributed by atoms with Crippen LogP contribution < -0.4 is 10.1 Å². The zero-order valence-electron chi connectivity index (χ0n) is 15.4. The largest absolute Gasteiger partial charge is 0.326 e. The minimum absolute atomic E-state index is 0.0278. The molecule has 1 N–H and O–H groups in total. The number of hydrogen-bond donors (Lipinski definition) is 1. The summed E-state index contributed by atoms with van der Waals surface area (Å²) in [5.74, 6) is -0.286. The monoisotopic (exact) mass is 451 g/mol. The Bertz CT molecular complexity index is 1320. The Morgan fingerprint density at radius 3 is 2.14 bits per heavy atom. The van der Waals surface area contributed by atoms with Gasteiger partial charge in [0.15, 0.2) is 0 Å². The lowest BCUT2D eigenvalue weighted by atomic mass is 10.2. The lowest BCUT2D eigenvalue weighted by Gasteiger charge is -2.06. The standard InChI is InChI=1S/C18H17N3O5S3/c1-13-3-7-17(8-4-13)29(25,26)21-11-12-27-18(21)20-28(23,24)16-9-5-15(6-10-16)19-14(2)22/h3-12H,1-2H3,(H,19,22)/b20-18+. The van der Waals surface area contributed by atoms with Crippen molar-refractivity contribution in [1.29, 1.82) is 0 Å². The van der Waals surface area contributed by atoms with E-state index in [1.54, 1.807) is 12.1 Å². The smallest absolute Gasteiger partial charge is 0.285 e. The van der Waals surface area contributed by atoms with Crippen molar-refractivity contribution < 1.29 is 21.6 Å². The van der Waals surface area contributed by atoms with E-state index in [0.29, 0.717) is 5.69 Å². The number of nitrogens with zero attached hydrogens (tertiary/aromatic N) is 2. The maximum Gasteiger partial charge on any atom is 0.285 e. The Morgan fingerprint density at radius 2 is 1.55 bits per heavy atom. The van der Waals surface area contributed by atoms with E-state index in [0.717, 1.165) is 20.9 Å². The molecule has 11 heteroatoms. The highest BCUT2D eigenvalue weighted by molar-refractivity contribution is 7.90. The molecule has 1 aromatic heterocycles. The Labute approximate surface area is 172 Å². The van der Waals surface area contributed by atoms with E-state index in [-0.39, 0.29) is 20.5 Å². The molecule has 0 aliphatic rings. The SMILES string of the molecule is CC(=O)Nc1ccc(S(=O)(=O)/N=c2/sccn2S(=O)(=O)c2ccc(C)cc2)cc1. The summed E-state index contributed by atoms with van der Waals surface area (Å²) in [6.45, 7) is 3.17. The third-order valence-electron chi connectivity index (χ3n) is 3.81. The lowest BCUT2D eigenvalue weighted by Crippen LogP contribution is -2.24. The average Bonchev–Trinajstić information content (AvgIpc) is 3.10. The van der Waals surface area contributed by atoms with Gasteiger partial charge in [-0.2, -0.15) is 8.42 Å². The van der Waals surface area contributed by atoms with Crippen LogP contribution >= 0.6 is 11.3 Å². The topological polar surface area (TPSA) is 115 Å². The summed E-state index contributed by atoms with van der Waals surface area (Å²) in [7, 11) is -8.16. The number of benzene rings is 2. The first-order chi connectivity index (χ1) is 13.6. The second-order valence-corrected chi connectivity index (χ2v) is 10.4. The van der Waals surface area contributed by atoms with Gasteiger partial charge in [-0.3, -0.25) is 4.79 Å². The quantitative estimate of drug-likeness (QED) is 0.639. The van der Waals surface area contributed by atoms with E-state index < -0.39 is 20.0 Å². The molecule has 2 aromatic carbocycles. The predicted octanol–water partition coefficient (Wildman–Crippen LogP) is 2.34. The number of aryl methyl sites for hydroxylation is 1. The Kier molecular flexibility index (Phi) is 5.73. The van der Waals surface area contributed by atoms with Crippen molar-refractivity contribution in [3.8, 4) is 0 Å². The number of amides is 1. The highest BCUT2D eigenvalue weighted by Gasteiger charge is 2.20. The van der Waals surface area contributed by atoms with Crippen molar-refractivity contribution in [3.63, 3.8) is 0 Å². The van der Waals surface area contributed by atoms with Crippen LogP contribution in [0.2, 0.25) is 0 Å². The number of rotatable bonds is 5. The Balaban J connectivity index is 2.03. The van der Waals surface area contributed by atoms with Gasteiger partial charge in [-0.15, -0.1) is 15.7 Å². The van der Waals surface area contributed by atoms with Gasteiger partial charge < -0.3 is 5.32 Å². The van der Waals surface area contributed by atoms with Crippen LogP contribution in [0.25, 0.3) is 0 Å². The molecular formula is C18H17N3O5S3. The number of thiazole rings is 1. The van der Waals surface area contributed by atoms with Crippen molar-refractivity contribution in [3.05, 3.63) is 70.5 Å². The van der Waals surface area contributed by atoms with Gasteiger partial charge >= 0.3 is 0 Å². The molecule has 0 unspecified atom stereocenters. The van der Waals surface area contributed by atoms with Gasteiger partial charge in [-0.05, 0) is 43.3 Å². The van der Waals surface area contributed by atoms with Crippen molar-refractivity contribution in [2.75, 3.05) is 5.32 Å². The second kappa shape index (κ2) is 7.93. The van der Waals surface area contributed by atoms with Gasteiger partial charge in [0.25, 0.3) is 20.0 Å². The minimum atomic E-state index is -4.16. The fraction of sp³-hybridized carbons (Fsp3) is 0.111. The van der Waals surface area contributed by atoms with E-state index in [2.05, 4.69) is 9.71 Å². The van der Waals surface area contributed by atoms with Gasteiger partial charge in [0.1, 0.15) is 0 Å². The van der Waals surface area contributed by atoms with Crippen LogP contribution in [0.4, 0.5) is 5.69 Å². The molecule has 0 saturated carbocycles. The van der Waals surface area contributed by atoms with Gasteiger partial charge in [0.2, 0.25) is 10.7 Å². The van der Waals surface area contributed by atoms with E-state index in [4.69, 9.17) is 0 Å². The fourth-order valence-electron chi connectivity index (χ4n) is 2.40. The van der Waals surface area contributed by atoms with Gasteiger partial charge in [0.05, 0.1) is 9.79 Å². The second-order valence-electron chi connectivity index (χ2n) is 6.07. The predicted molar refractivity (Wildman–Crippen MR) is 110 cm³/mol. The summed E-state index contributed by atoms with van der Waals surface area (Å²) >= 11 is 0.888. The highest BCUT2D eigenvalue weighted by atomic mass is 32.2. The molecule has 0 saturated heterocycles. The summed E-state index contributed by atoms with van der Waals surface area (Å²) in [5, 5.41) is 3.98. The van der Waals surface area contributed by atoms with Crippen LogP contribution in [-0.2, 0) is 24.8 Å². The highest BCUT2D eigenvalue weighted by Crippen LogP contribution is 2.17. The fourth-order valence-corrected chi connectivity index (χ4v) is 5.94. The molecule has 0 fully saturated rings. The van der Waals surface area contributed by atoms with Crippen molar-refractivity contribution in [2.45, 2.75) is 23.6 Å². The van der Waals surface area contributed by atoms with Crippen LogP contribution in [0.3, 0.4) is 0 Å². The van der Waals surface area contributed by atoms with E-state index in [9.17, 15) is 21.6 Å². The zero-order chi connectivity index (χ0) is 21.2. The third-order valence-corrected chi connectivity index (χ3v) is 7.76. The Morgan fingerprint density at radius 1 is 0.966 bits per heavy atom. The summed E-state index contributed by atoms with van der Waals surface area (Å²) in [6, 6.07) is 11.6. The normalized spacial score (nSPS) is 12.7. The molecule has 152 valence electrons. The average molecular weight is 452 g/mol. The lowest BCUT2D eigenvalue weighted by molar-refractivity contribution is -0.114. The number of aromatic nitrogens is 1. The molecule has 0 atom stereocenters. The molecule has 29 heavy (non-hydrogen) atoms. The van der Waals surface area contributed by atoms with Crippen molar-refractivity contribution in [1.82, 2.24) is 3.97 Å². The van der Waals surface area contributed by atoms with Gasteiger partial charge in [0, 0.05) is 24.2 Å². The number of carbonyl (C=O) groups excluding carboxylic acids is 1. The van der Waals surface area contributed by atoms with E-state index in [1.807, 2.05) is 6.92 Å². The van der Waals surface area contributed by atoms with Crippen LogP contribution in [0.1, 0.15) is 12.5 Å². The van der Waals surface area contributed by atoms with Crippen LogP contribution in [-0.4, -0.2) is 26.7 Å². The van der Waals surface area contributed by atoms with Crippen molar-refractivity contribution >= 4 is 43.0 Å². The minimum Gasteiger partial charge on any atom is -0.326 e. The summed E-state index contributed by atoms with van der Waals surface area (Å²) in [4.78, 5) is 10.8. The molecule has 3 rings (SSSR count). The van der Waals surface area contributed by atoms with Gasteiger partial charge in [-0.1, -0.05) is 17.7 Å². The van der Waals surface area contributed by atoms with Crippen LogP contribution in [0.5, 0.6) is 0 Å². The summed E-state index contributed by atoms with van der Waals surface area (Å²) in [5.41, 5.74) is 1.33. The molecule has 0 radical (unpaired) electrons. The number of anilines is 1.